The summed E-state index contributed by atoms with van der Waals surface area (Å²) in [6.45, 7) is 5.28. The van der Waals surface area contributed by atoms with Crippen molar-refractivity contribution in [3.63, 3.8) is 0 Å². The number of hydrogen-bond donors (Lipinski definition) is 2. The van der Waals surface area contributed by atoms with Crippen LogP contribution in [-0.2, 0) is 4.79 Å². The van der Waals surface area contributed by atoms with Crippen molar-refractivity contribution in [2.24, 2.45) is 5.10 Å². The van der Waals surface area contributed by atoms with Crippen LogP contribution in [0.3, 0.4) is 0 Å². The van der Waals surface area contributed by atoms with E-state index in [1.165, 1.54) is 11.3 Å². The van der Waals surface area contributed by atoms with Crippen LogP contribution in [-0.4, -0.2) is 23.6 Å². The largest absolute Gasteiger partial charge is 0.481 e. The summed E-state index contributed by atoms with van der Waals surface area (Å²) in [5, 5.41) is 9.49. The Morgan fingerprint density at radius 2 is 1.94 bits per heavy atom. The first-order chi connectivity index (χ1) is 14.8. The van der Waals surface area contributed by atoms with E-state index >= 15 is 0 Å². The molecule has 2 N–H and O–H groups in total. The summed E-state index contributed by atoms with van der Waals surface area (Å²) in [5.74, 6) is 0.0382. The molecule has 0 spiro atoms. The molecule has 0 aliphatic carbocycles. The molecule has 0 saturated heterocycles. The number of anilines is 1. The summed E-state index contributed by atoms with van der Waals surface area (Å²) >= 11 is 7.32. The van der Waals surface area contributed by atoms with Gasteiger partial charge in [-0.1, -0.05) is 29.8 Å². The van der Waals surface area contributed by atoms with Gasteiger partial charge in [-0.25, -0.2) is 5.43 Å². The average Bonchev–Trinajstić information content (AvgIpc) is 3.29. The van der Waals surface area contributed by atoms with Crippen LogP contribution >= 0.6 is 22.9 Å². The van der Waals surface area contributed by atoms with E-state index in [1.54, 1.807) is 50.2 Å². The SMILES string of the molecule is CC(=NNC(=O)C(C)Oc1ccc(Cl)cc1C)c1cccc(NC(=O)c2cccs2)c1. The fraction of sp³-hybridized carbons (Fsp3) is 0.174. The van der Waals surface area contributed by atoms with Gasteiger partial charge in [0.2, 0.25) is 0 Å². The van der Waals surface area contributed by atoms with E-state index in [4.69, 9.17) is 16.3 Å². The molecule has 2 aromatic carbocycles. The van der Waals surface area contributed by atoms with Crippen LogP contribution < -0.4 is 15.5 Å². The zero-order valence-corrected chi connectivity index (χ0v) is 18.9. The van der Waals surface area contributed by atoms with Gasteiger partial charge in [-0.05, 0) is 73.7 Å². The first kappa shape index (κ1) is 22.5. The lowest BCUT2D eigenvalue weighted by Crippen LogP contribution is -2.34. The van der Waals surface area contributed by atoms with E-state index in [2.05, 4.69) is 15.8 Å². The fourth-order valence-electron chi connectivity index (χ4n) is 2.71. The van der Waals surface area contributed by atoms with Gasteiger partial charge in [-0.2, -0.15) is 5.10 Å². The van der Waals surface area contributed by atoms with Crippen molar-refractivity contribution in [2.45, 2.75) is 26.9 Å². The number of hydrogen-bond acceptors (Lipinski definition) is 5. The number of nitrogens with one attached hydrogen (secondary N) is 2. The van der Waals surface area contributed by atoms with E-state index in [9.17, 15) is 9.59 Å². The monoisotopic (exact) mass is 455 g/mol. The number of ether oxygens (including phenoxy) is 1. The number of carbonyl (C=O) groups excluding carboxylic acids is 2. The van der Waals surface area contributed by atoms with Crippen LogP contribution in [0.15, 0.2) is 65.1 Å². The Kier molecular flexibility index (Phi) is 7.44. The second-order valence-corrected chi connectivity index (χ2v) is 8.24. The minimum Gasteiger partial charge on any atom is -0.481 e. The maximum absolute atomic E-state index is 12.4. The number of nitrogens with zero attached hydrogens (tertiary/aromatic N) is 1. The highest BCUT2D eigenvalue weighted by Crippen LogP contribution is 2.23. The van der Waals surface area contributed by atoms with E-state index in [0.717, 1.165) is 11.1 Å². The minimum absolute atomic E-state index is 0.168. The molecule has 160 valence electrons. The molecule has 1 atom stereocenters. The molecule has 6 nitrogen and oxygen atoms in total. The summed E-state index contributed by atoms with van der Waals surface area (Å²) in [6, 6.07) is 16.1. The van der Waals surface area contributed by atoms with Gasteiger partial charge in [0.25, 0.3) is 11.8 Å². The summed E-state index contributed by atoms with van der Waals surface area (Å²) in [5.41, 5.74) is 5.38. The van der Waals surface area contributed by atoms with E-state index in [-0.39, 0.29) is 11.8 Å². The summed E-state index contributed by atoms with van der Waals surface area (Å²) < 4.78 is 5.71. The third kappa shape index (κ3) is 6.16. The molecule has 31 heavy (non-hydrogen) atoms. The van der Waals surface area contributed by atoms with Crippen molar-refractivity contribution in [1.29, 1.82) is 0 Å². The Bertz CT molecular complexity index is 1110. The van der Waals surface area contributed by atoms with Crippen LogP contribution in [0.2, 0.25) is 5.02 Å². The lowest BCUT2D eigenvalue weighted by atomic mass is 10.1. The molecule has 0 aliphatic rings. The highest BCUT2D eigenvalue weighted by atomic mass is 35.5. The predicted molar refractivity (Wildman–Crippen MR) is 125 cm³/mol. The number of amides is 2. The Hall–Kier alpha value is -3.16. The molecule has 1 unspecified atom stereocenters. The Labute approximate surface area is 189 Å². The Morgan fingerprint density at radius 1 is 1.13 bits per heavy atom. The third-order valence-corrected chi connectivity index (χ3v) is 5.53. The molecule has 3 aromatic rings. The van der Waals surface area contributed by atoms with E-state index in [1.807, 2.05) is 30.5 Å². The molecular formula is C23H22ClN3O3S. The molecule has 1 aromatic heterocycles. The molecule has 0 bridgehead atoms. The van der Waals surface area contributed by atoms with Gasteiger partial charge < -0.3 is 10.1 Å². The Balaban J connectivity index is 1.61. The number of rotatable bonds is 7. The molecule has 0 radical (unpaired) electrons. The number of hydrazone groups is 1. The lowest BCUT2D eigenvalue weighted by Gasteiger charge is -2.15. The number of thiophene rings is 1. The van der Waals surface area contributed by atoms with Gasteiger partial charge in [0.05, 0.1) is 10.6 Å². The van der Waals surface area contributed by atoms with Gasteiger partial charge in [0, 0.05) is 10.7 Å². The van der Waals surface area contributed by atoms with Crippen LogP contribution in [0.25, 0.3) is 0 Å². The second-order valence-electron chi connectivity index (χ2n) is 6.86. The van der Waals surface area contributed by atoms with Crippen molar-refractivity contribution in [2.75, 3.05) is 5.32 Å². The van der Waals surface area contributed by atoms with Crippen LogP contribution in [0.1, 0.15) is 34.6 Å². The maximum atomic E-state index is 12.4. The van der Waals surface area contributed by atoms with Crippen LogP contribution in [0.5, 0.6) is 5.75 Å². The second kappa shape index (κ2) is 10.2. The van der Waals surface area contributed by atoms with Gasteiger partial charge in [-0.3, -0.25) is 9.59 Å². The maximum Gasteiger partial charge on any atom is 0.280 e. The third-order valence-electron chi connectivity index (χ3n) is 4.43. The van der Waals surface area contributed by atoms with Gasteiger partial charge in [0.1, 0.15) is 5.75 Å². The topological polar surface area (TPSA) is 79.8 Å². The zero-order chi connectivity index (χ0) is 22.4. The summed E-state index contributed by atoms with van der Waals surface area (Å²) in [4.78, 5) is 25.2. The normalized spacial score (nSPS) is 12.2. The van der Waals surface area contributed by atoms with Crippen molar-refractivity contribution >= 4 is 46.2 Å². The molecule has 8 heteroatoms. The number of benzene rings is 2. The quantitative estimate of drug-likeness (QED) is 0.376. The predicted octanol–water partition coefficient (Wildman–Crippen LogP) is 5.27. The van der Waals surface area contributed by atoms with Crippen molar-refractivity contribution in [1.82, 2.24) is 5.43 Å². The van der Waals surface area contributed by atoms with Gasteiger partial charge in [0.15, 0.2) is 6.10 Å². The molecule has 2 amide bonds. The number of carbonyl (C=O) groups is 2. The van der Waals surface area contributed by atoms with Crippen LogP contribution in [0, 0.1) is 6.92 Å². The molecule has 3 rings (SSSR count). The average molecular weight is 456 g/mol. The minimum atomic E-state index is -0.743. The first-order valence-electron chi connectivity index (χ1n) is 9.55. The summed E-state index contributed by atoms with van der Waals surface area (Å²) in [7, 11) is 0. The van der Waals surface area contributed by atoms with Crippen molar-refractivity contribution in [3.8, 4) is 5.75 Å². The van der Waals surface area contributed by atoms with Gasteiger partial charge >= 0.3 is 0 Å². The number of aryl methyl sites for hydroxylation is 1. The fourth-order valence-corrected chi connectivity index (χ4v) is 3.55. The molecule has 0 aliphatic heterocycles. The van der Waals surface area contributed by atoms with Crippen molar-refractivity contribution < 1.29 is 14.3 Å². The molecule has 0 saturated carbocycles. The standard InChI is InChI=1S/C23H22ClN3O3S/c1-14-12-18(24)9-10-20(14)30-16(3)22(28)27-26-15(2)17-6-4-7-19(13-17)25-23(29)21-8-5-11-31-21/h4-13,16H,1-3H3,(H,25,29)(H,27,28). The molecular weight excluding hydrogens is 434 g/mol. The highest BCUT2D eigenvalue weighted by Gasteiger charge is 2.15. The molecule has 1 heterocycles. The number of halogens is 1. The highest BCUT2D eigenvalue weighted by molar-refractivity contribution is 7.12. The summed E-state index contributed by atoms with van der Waals surface area (Å²) in [6.07, 6.45) is -0.743. The Morgan fingerprint density at radius 3 is 2.65 bits per heavy atom. The zero-order valence-electron chi connectivity index (χ0n) is 17.3. The van der Waals surface area contributed by atoms with Crippen molar-refractivity contribution in [3.05, 3.63) is 81.0 Å². The van der Waals surface area contributed by atoms with Gasteiger partial charge in [-0.15, -0.1) is 11.3 Å². The van der Waals surface area contributed by atoms with Crippen LogP contribution in [0.4, 0.5) is 5.69 Å². The lowest BCUT2D eigenvalue weighted by molar-refractivity contribution is -0.127. The molecule has 0 fully saturated rings. The van der Waals surface area contributed by atoms with E-state index < -0.39 is 6.10 Å². The first-order valence-corrected chi connectivity index (χ1v) is 10.8. The smallest absolute Gasteiger partial charge is 0.280 e. The van der Waals surface area contributed by atoms with E-state index in [0.29, 0.717) is 27.0 Å².